The summed E-state index contributed by atoms with van der Waals surface area (Å²) in [4.78, 5) is 24.7. The first-order valence-corrected chi connectivity index (χ1v) is 6.67. The normalized spacial score (nSPS) is 10.4. The average Bonchev–Trinajstić information content (AvgIpc) is 2.37. The van der Waals surface area contributed by atoms with Gasteiger partial charge in [0.25, 0.3) is 0 Å². The molecular weight excluding hydrogens is 256 g/mol. The Hall–Kier alpha value is -2.04. The van der Waals surface area contributed by atoms with Gasteiger partial charge in [-0.15, -0.1) is 0 Å². The van der Waals surface area contributed by atoms with Gasteiger partial charge in [0, 0.05) is 13.6 Å². The minimum Gasteiger partial charge on any atom is -0.478 e. The Morgan fingerprint density at radius 3 is 2.55 bits per heavy atom. The van der Waals surface area contributed by atoms with Gasteiger partial charge in [-0.3, -0.25) is 0 Å². The van der Waals surface area contributed by atoms with E-state index in [1.807, 2.05) is 6.92 Å². The molecule has 0 aliphatic rings. The van der Waals surface area contributed by atoms with Crippen molar-refractivity contribution in [1.82, 2.24) is 4.90 Å². The molecule has 1 aromatic carbocycles. The van der Waals surface area contributed by atoms with E-state index in [9.17, 15) is 9.59 Å². The van der Waals surface area contributed by atoms with Crippen LogP contribution in [0.5, 0.6) is 0 Å². The zero-order valence-corrected chi connectivity index (χ0v) is 12.4. The predicted octanol–water partition coefficient (Wildman–Crippen LogP) is 3.20. The van der Waals surface area contributed by atoms with Gasteiger partial charge in [0.2, 0.25) is 0 Å². The first kappa shape index (κ1) is 16.0. The topological polar surface area (TPSA) is 69.6 Å². The summed E-state index contributed by atoms with van der Waals surface area (Å²) in [6.45, 7) is 6.63. The van der Waals surface area contributed by atoms with Gasteiger partial charge in [0.1, 0.15) is 0 Å². The van der Waals surface area contributed by atoms with E-state index >= 15 is 0 Å². The number of aromatic carboxylic acids is 1. The molecule has 0 aliphatic carbocycles. The molecule has 0 unspecified atom stereocenters. The lowest BCUT2D eigenvalue weighted by atomic mass is 10.1. The highest BCUT2D eigenvalue weighted by molar-refractivity contribution is 6.00. The third-order valence-electron chi connectivity index (χ3n) is 3.04. The zero-order valence-electron chi connectivity index (χ0n) is 12.4. The van der Waals surface area contributed by atoms with Crippen molar-refractivity contribution in [3.05, 3.63) is 29.3 Å². The molecule has 0 bridgehead atoms. The van der Waals surface area contributed by atoms with E-state index in [1.54, 1.807) is 30.1 Å². The molecule has 5 heteroatoms. The lowest BCUT2D eigenvalue weighted by Crippen LogP contribution is -2.33. The molecular formula is C15H22N2O3. The number of carbonyl (C=O) groups is 2. The minimum absolute atomic E-state index is 0.107. The number of hydrogen-bond donors (Lipinski definition) is 2. The van der Waals surface area contributed by atoms with E-state index in [0.29, 0.717) is 18.2 Å². The molecule has 0 saturated heterocycles. The second-order valence-corrected chi connectivity index (χ2v) is 5.39. The molecule has 20 heavy (non-hydrogen) atoms. The summed E-state index contributed by atoms with van der Waals surface area (Å²) in [5, 5.41) is 11.8. The van der Waals surface area contributed by atoms with Crippen LogP contribution in [-0.4, -0.2) is 35.6 Å². The Labute approximate surface area is 119 Å². The third-order valence-corrected chi connectivity index (χ3v) is 3.04. The number of benzene rings is 1. The maximum Gasteiger partial charge on any atom is 0.337 e. The molecule has 2 amide bonds. The van der Waals surface area contributed by atoms with Crippen LogP contribution in [0, 0.1) is 12.8 Å². The molecule has 0 fully saturated rings. The maximum atomic E-state index is 12.0. The highest BCUT2D eigenvalue weighted by atomic mass is 16.4. The highest BCUT2D eigenvalue weighted by Gasteiger charge is 2.15. The number of nitrogens with zero attached hydrogens (tertiary/aromatic N) is 1. The molecule has 0 aromatic heterocycles. The molecule has 2 N–H and O–H groups in total. The van der Waals surface area contributed by atoms with Crippen LogP contribution >= 0.6 is 0 Å². The van der Waals surface area contributed by atoms with Crippen LogP contribution in [0.25, 0.3) is 0 Å². The molecule has 0 saturated carbocycles. The average molecular weight is 278 g/mol. The molecule has 0 aliphatic heterocycles. The number of anilines is 1. The van der Waals surface area contributed by atoms with Crippen LogP contribution in [-0.2, 0) is 0 Å². The van der Waals surface area contributed by atoms with Crippen molar-refractivity contribution in [3.63, 3.8) is 0 Å². The fourth-order valence-corrected chi connectivity index (χ4v) is 1.71. The molecule has 0 radical (unpaired) electrons. The number of urea groups is 1. The molecule has 0 atom stereocenters. The molecule has 1 aromatic rings. The van der Waals surface area contributed by atoms with E-state index in [2.05, 4.69) is 19.2 Å². The van der Waals surface area contributed by atoms with E-state index < -0.39 is 5.97 Å². The van der Waals surface area contributed by atoms with Crippen LogP contribution in [0.1, 0.15) is 36.2 Å². The lowest BCUT2D eigenvalue weighted by Gasteiger charge is -2.19. The number of aryl methyl sites for hydroxylation is 1. The molecule has 110 valence electrons. The fourth-order valence-electron chi connectivity index (χ4n) is 1.71. The SMILES string of the molecule is Cc1ccc(NC(=O)N(C)CCC(C)C)c(C(=O)O)c1. The molecule has 0 spiro atoms. The number of carboxylic acid groups (broad SMARTS) is 1. The first-order valence-electron chi connectivity index (χ1n) is 6.67. The quantitative estimate of drug-likeness (QED) is 0.869. The van der Waals surface area contributed by atoms with Crippen molar-refractivity contribution in [2.24, 2.45) is 5.92 Å². The number of carboxylic acids is 1. The third kappa shape index (κ3) is 4.57. The van der Waals surface area contributed by atoms with Gasteiger partial charge < -0.3 is 15.3 Å². The van der Waals surface area contributed by atoms with Crippen LogP contribution in [0.15, 0.2) is 18.2 Å². The number of rotatable bonds is 5. The Morgan fingerprint density at radius 2 is 2.00 bits per heavy atom. The summed E-state index contributed by atoms with van der Waals surface area (Å²) in [6.07, 6.45) is 0.906. The van der Waals surface area contributed by atoms with Gasteiger partial charge >= 0.3 is 12.0 Å². The van der Waals surface area contributed by atoms with Crippen LogP contribution in [0.4, 0.5) is 10.5 Å². The highest BCUT2D eigenvalue weighted by Crippen LogP contribution is 2.18. The number of amides is 2. The Kier molecular flexibility index (Phi) is 5.55. The Morgan fingerprint density at radius 1 is 1.35 bits per heavy atom. The van der Waals surface area contributed by atoms with Gasteiger partial charge in [-0.25, -0.2) is 9.59 Å². The van der Waals surface area contributed by atoms with Crippen molar-refractivity contribution in [2.75, 3.05) is 18.9 Å². The number of hydrogen-bond acceptors (Lipinski definition) is 2. The number of carbonyl (C=O) groups excluding carboxylic acids is 1. The standard InChI is InChI=1S/C15H22N2O3/c1-10(2)7-8-17(4)15(20)16-13-6-5-11(3)9-12(13)14(18)19/h5-6,9-10H,7-8H2,1-4H3,(H,16,20)(H,18,19). The van der Waals surface area contributed by atoms with Crippen LogP contribution < -0.4 is 5.32 Å². The summed E-state index contributed by atoms with van der Waals surface area (Å²) >= 11 is 0. The van der Waals surface area contributed by atoms with Crippen LogP contribution in [0.3, 0.4) is 0 Å². The summed E-state index contributed by atoms with van der Waals surface area (Å²) in [7, 11) is 1.70. The Bertz CT molecular complexity index is 498. The van der Waals surface area contributed by atoms with Crippen molar-refractivity contribution in [2.45, 2.75) is 27.2 Å². The second kappa shape index (κ2) is 6.93. The zero-order chi connectivity index (χ0) is 15.3. The molecule has 0 heterocycles. The summed E-state index contributed by atoms with van der Waals surface area (Å²) < 4.78 is 0. The molecule has 5 nitrogen and oxygen atoms in total. The predicted molar refractivity (Wildman–Crippen MR) is 79.2 cm³/mol. The van der Waals surface area contributed by atoms with E-state index in [0.717, 1.165) is 12.0 Å². The van der Waals surface area contributed by atoms with Gasteiger partial charge in [-0.2, -0.15) is 0 Å². The molecule has 1 rings (SSSR count). The van der Waals surface area contributed by atoms with Crippen molar-refractivity contribution in [3.8, 4) is 0 Å². The largest absolute Gasteiger partial charge is 0.478 e. The van der Waals surface area contributed by atoms with Gasteiger partial charge in [-0.05, 0) is 31.4 Å². The summed E-state index contributed by atoms with van der Waals surface area (Å²) in [5.41, 5.74) is 1.27. The lowest BCUT2D eigenvalue weighted by molar-refractivity contribution is 0.0698. The van der Waals surface area contributed by atoms with E-state index in [-0.39, 0.29) is 11.6 Å². The maximum absolute atomic E-state index is 12.0. The first-order chi connectivity index (χ1) is 9.31. The monoisotopic (exact) mass is 278 g/mol. The second-order valence-electron chi connectivity index (χ2n) is 5.39. The van der Waals surface area contributed by atoms with Crippen LogP contribution in [0.2, 0.25) is 0 Å². The smallest absolute Gasteiger partial charge is 0.337 e. The Balaban J connectivity index is 2.77. The summed E-state index contributed by atoms with van der Waals surface area (Å²) in [5.74, 6) is -0.534. The van der Waals surface area contributed by atoms with Crippen molar-refractivity contribution in [1.29, 1.82) is 0 Å². The van der Waals surface area contributed by atoms with E-state index in [1.165, 1.54) is 0 Å². The number of nitrogens with one attached hydrogen (secondary N) is 1. The van der Waals surface area contributed by atoms with Gasteiger partial charge in [-0.1, -0.05) is 25.5 Å². The fraction of sp³-hybridized carbons (Fsp3) is 0.467. The van der Waals surface area contributed by atoms with Gasteiger partial charge in [0.15, 0.2) is 0 Å². The van der Waals surface area contributed by atoms with Crippen molar-refractivity contribution >= 4 is 17.7 Å². The summed E-state index contributed by atoms with van der Waals surface area (Å²) in [6, 6.07) is 4.65. The minimum atomic E-state index is -1.05. The van der Waals surface area contributed by atoms with E-state index in [4.69, 9.17) is 5.11 Å². The van der Waals surface area contributed by atoms with Crippen molar-refractivity contribution < 1.29 is 14.7 Å². The van der Waals surface area contributed by atoms with Gasteiger partial charge in [0.05, 0.1) is 11.3 Å².